The van der Waals surface area contributed by atoms with E-state index in [4.69, 9.17) is 21.1 Å². The lowest BCUT2D eigenvalue weighted by molar-refractivity contribution is -0.141. The van der Waals surface area contributed by atoms with Crippen molar-refractivity contribution in [2.45, 2.75) is 24.7 Å². The maximum Gasteiger partial charge on any atom is 0.233 e. The molecule has 33 heavy (non-hydrogen) atoms. The van der Waals surface area contributed by atoms with Gasteiger partial charge in [-0.25, -0.2) is 0 Å². The van der Waals surface area contributed by atoms with Crippen LogP contribution in [-0.2, 0) is 26.1 Å². The summed E-state index contributed by atoms with van der Waals surface area (Å²) in [4.78, 5) is 20.7. The van der Waals surface area contributed by atoms with Crippen LogP contribution in [0, 0.1) is 5.92 Å². The first-order valence-corrected chi connectivity index (χ1v) is 12.1. The second-order valence-electron chi connectivity index (χ2n) is 9.13. The largest absolute Gasteiger partial charge is 0.381 e. The molecule has 0 aliphatic carbocycles. The van der Waals surface area contributed by atoms with Gasteiger partial charge in [-0.05, 0) is 54.7 Å². The highest BCUT2D eigenvalue weighted by molar-refractivity contribution is 6.30. The van der Waals surface area contributed by atoms with E-state index in [0.717, 1.165) is 22.9 Å². The standard InChI is InChI=1S/C27H29ClN2O3/c28-24-7-5-23(6-8-24)27(9-12-32-13-10-27)26(31)30-11-14-33-19-21(18-30)15-20-16-22-3-1-2-4-25(22)29-17-20/h1-8,16-17,21H,9-15,18-19H2/t21-/m0/s1. The summed E-state index contributed by atoms with van der Waals surface area (Å²) in [5, 5.41) is 1.82. The van der Waals surface area contributed by atoms with Gasteiger partial charge in [-0.15, -0.1) is 0 Å². The molecule has 0 unspecified atom stereocenters. The second-order valence-corrected chi connectivity index (χ2v) is 9.57. The zero-order valence-corrected chi connectivity index (χ0v) is 19.5. The Hall–Kier alpha value is -2.47. The number of benzene rings is 2. The molecule has 3 aromatic rings. The van der Waals surface area contributed by atoms with Gasteiger partial charge >= 0.3 is 0 Å². The number of halogens is 1. The van der Waals surface area contributed by atoms with E-state index in [9.17, 15) is 4.79 Å². The van der Waals surface area contributed by atoms with Crippen LogP contribution >= 0.6 is 11.6 Å². The second kappa shape index (κ2) is 9.80. The van der Waals surface area contributed by atoms with Gasteiger partial charge in [-0.1, -0.05) is 41.9 Å². The summed E-state index contributed by atoms with van der Waals surface area (Å²) >= 11 is 6.14. The lowest BCUT2D eigenvalue weighted by atomic mass is 9.73. The Morgan fingerprint density at radius 3 is 2.67 bits per heavy atom. The third-order valence-corrected chi connectivity index (χ3v) is 7.20. The van der Waals surface area contributed by atoms with Gasteiger partial charge in [0, 0.05) is 48.8 Å². The summed E-state index contributed by atoms with van der Waals surface area (Å²) in [7, 11) is 0. The summed E-state index contributed by atoms with van der Waals surface area (Å²) in [5.41, 5.74) is 2.64. The molecule has 1 atom stereocenters. The van der Waals surface area contributed by atoms with E-state index >= 15 is 0 Å². The Labute approximate surface area is 199 Å². The Morgan fingerprint density at radius 1 is 1.06 bits per heavy atom. The topological polar surface area (TPSA) is 51.7 Å². The van der Waals surface area contributed by atoms with Gasteiger partial charge in [0.25, 0.3) is 0 Å². The molecule has 2 aromatic carbocycles. The van der Waals surface area contributed by atoms with E-state index in [1.807, 2.05) is 53.6 Å². The van der Waals surface area contributed by atoms with E-state index in [-0.39, 0.29) is 11.8 Å². The lowest BCUT2D eigenvalue weighted by Crippen LogP contribution is -2.51. The first-order chi connectivity index (χ1) is 16.1. The van der Waals surface area contributed by atoms with Crippen molar-refractivity contribution in [3.63, 3.8) is 0 Å². The molecule has 6 heteroatoms. The zero-order chi connectivity index (χ0) is 22.7. The van der Waals surface area contributed by atoms with Crippen LogP contribution in [-0.4, -0.2) is 55.3 Å². The molecule has 172 valence electrons. The number of aromatic nitrogens is 1. The van der Waals surface area contributed by atoms with Crippen LogP contribution in [0.1, 0.15) is 24.0 Å². The van der Waals surface area contributed by atoms with Gasteiger partial charge in [-0.3, -0.25) is 9.78 Å². The molecule has 2 aliphatic heterocycles. The van der Waals surface area contributed by atoms with Gasteiger partial charge in [0.2, 0.25) is 5.91 Å². The molecule has 3 heterocycles. The fraction of sp³-hybridized carbons (Fsp3) is 0.407. The number of carbonyl (C=O) groups excluding carboxylic acids is 1. The Kier molecular flexibility index (Phi) is 6.63. The van der Waals surface area contributed by atoms with E-state index in [1.54, 1.807) is 0 Å². The monoisotopic (exact) mass is 464 g/mol. The van der Waals surface area contributed by atoms with Crippen molar-refractivity contribution < 1.29 is 14.3 Å². The molecule has 2 saturated heterocycles. The highest BCUT2D eigenvalue weighted by Gasteiger charge is 2.44. The maximum atomic E-state index is 14.1. The number of nitrogens with zero attached hydrogens (tertiary/aromatic N) is 2. The molecule has 0 N–H and O–H groups in total. The van der Waals surface area contributed by atoms with E-state index in [0.29, 0.717) is 57.4 Å². The number of fused-ring (bicyclic) bond motifs is 1. The molecule has 1 aromatic heterocycles. The van der Waals surface area contributed by atoms with Crippen LogP contribution in [0.5, 0.6) is 0 Å². The Bertz CT molecular complexity index is 1110. The average molecular weight is 465 g/mol. The van der Waals surface area contributed by atoms with Crippen LogP contribution in [0.3, 0.4) is 0 Å². The van der Waals surface area contributed by atoms with Crippen molar-refractivity contribution in [2.24, 2.45) is 5.92 Å². The minimum absolute atomic E-state index is 0.181. The minimum Gasteiger partial charge on any atom is -0.381 e. The smallest absolute Gasteiger partial charge is 0.233 e. The van der Waals surface area contributed by atoms with Crippen LogP contribution in [0.2, 0.25) is 5.02 Å². The Balaban J connectivity index is 1.37. The molecular weight excluding hydrogens is 436 g/mol. The van der Waals surface area contributed by atoms with Crippen molar-refractivity contribution in [3.05, 3.63) is 76.9 Å². The molecule has 5 nitrogen and oxygen atoms in total. The summed E-state index contributed by atoms with van der Waals surface area (Å²) in [6.45, 7) is 3.68. The normalized spacial score (nSPS) is 21.0. The van der Waals surface area contributed by atoms with Gasteiger partial charge in [0.1, 0.15) is 0 Å². The number of pyridine rings is 1. The van der Waals surface area contributed by atoms with Crippen molar-refractivity contribution in [3.8, 4) is 0 Å². The highest BCUT2D eigenvalue weighted by atomic mass is 35.5. The predicted molar refractivity (Wildman–Crippen MR) is 130 cm³/mol. The molecular formula is C27H29ClN2O3. The van der Waals surface area contributed by atoms with E-state index in [2.05, 4.69) is 17.1 Å². The predicted octanol–water partition coefficient (Wildman–Crippen LogP) is 4.65. The summed E-state index contributed by atoms with van der Waals surface area (Å²) in [6.07, 6.45) is 4.15. The number of ether oxygens (including phenoxy) is 2. The van der Waals surface area contributed by atoms with Gasteiger partial charge in [0.15, 0.2) is 0 Å². The SMILES string of the molecule is O=C(N1CCOC[C@@H](Cc2cnc3ccccc3c2)C1)C1(c2ccc(Cl)cc2)CCOCC1. The molecule has 2 aliphatic rings. The van der Waals surface area contributed by atoms with E-state index in [1.165, 1.54) is 5.56 Å². The molecule has 0 bridgehead atoms. The number of hydrogen-bond acceptors (Lipinski definition) is 4. The quantitative estimate of drug-likeness (QED) is 0.563. The van der Waals surface area contributed by atoms with Crippen molar-refractivity contribution in [2.75, 3.05) is 39.5 Å². The van der Waals surface area contributed by atoms with Crippen LogP contribution in [0.4, 0.5) is 0 Å². The molecule has 0 saturated carbocycles. The molecule has 1 amide bonds. The summed E-state index contributed by atoms with van der Waals surface area (Å²) < 4.78 is 11.6. The fourth-order valence-corrected chi connectivity index (χ4v) is 5.29. The zero-order valence-electron chi connectivity index (χ0n) is 18.7. The van der Waals surface area contributed by atoms with Crippen molar-refractivity contribution in [1.82, 2.24) is 9.88 Å². The lowest BCUT2D eigenvalue weighted by Gasteiger charge is -2.40. The van der Waals surface area contributed by atoms with Crippen molar-refractivity contribution in [1.29, 1.82) is 0 Å². The number of para-hydroxylation sites is 1. The molecule has 0 radical (unpaired) electrons. The van der Waals surface area contributed by atoms with Crippen LogP contribution in [0.25, 0.3) is 10.9 Å². The number of rotatable bonds is 4. The number of carbonyl (C=O) groups is 1. The average Bonchev–Trinajstić information content (AvgIpc) is 3.10. The Morgan fingerprint density at radius 2 is 1.85 bits per heavy atom. The van der Waals surface area contributed by atoms with Crippen LogP contribution < -0.4 is 0 Å². The third kappa shape index (κ3) is 4.77. The number of amides is 1. The highest BCUT2D eigenvalue weighted by Crippen LogP contribution is 2.38. The van der Waals surface area contributed by atoms with Gasteiger partial charge < -0.3 is 14.4 Å². The first kappa shape index (κ1) is 22.3. The van der Waals surface area contributed by atoms with Gasteiger partial charge in [-0.2, -0.15) is 0 Å². The maximum absolute atomic E-state index is 14.1. The molecule has 5 rings (SSSR count). The molecule has 0 spiro atoms. The van der Waals surface area contributed by atoms with Crippen molar-refractivity contribution >= 4 is 28.4 Å². The summed E-state index contributed by atoms with van der Waals surface area (Å²) in [5.74, 6) is 0.404. The number of hydrogen-bond donors (Lipinski definition) is 0. The van der Waals surface area contributed by atoms with E-state index < -0.39 is 5.41 Å². The molecule has 2 fully saturated rings. The first-order valence-electron chi connectivity index (χ1n) is 11.7. The third-order valence-electron chi connectivity index (χ3n) is 6.95. The minimum atomic E-state index is -0.567. The van der Waals surface area contributed by atoms with Crippen LogP contribution in [0.15, 0.2) is 60.8 Å². The summed E-state index contributed by atoms with van der Waals surface area (Å²) in [6, 6.07) is 18.1. The fourth-order valence-electron chi connectivity index (χ4n) is 5.17. The van der Waals surface area contributed by atoms with Gasteiger partial charge in [0.05, 0.1) is 24.1 Å².